The lowest BCUT2D eigenvalue weighted by Crippen LogP contribution is -2.50. The monoisotopic (exact) mass is 357 g/mol. The van der Waals surface area contributed by atoms with E-state index in [9.17, 15) is 13.2 Å². The van der Waals surface area contributed by atoms with Gasteiger partial charge in [-0.05, 0) is 39.0 Å². The van der Waals surface area contributed by atoms with Gasteiger partial charge in [0.05, 0.1) is 6.10 Å². The lowest BCUT2D eigenvalue weighted by molar-refractivity contribution is -0.149. The Hall–Kier alpha value is -0.920. The van der Waals surface area contributed by atoms with Crippen molar-refractivity contribution in [2.45, 2.75) is 75.4 Å². The molecule has 136 valence electrons. The summed E-state index contributed by atoms with van der Waals surface area (Å²) in [6, 6.07) is -0.100. The van der Waals surface area contributed by atoms with Crippen molar-refractivity contribution in [2.24, 2.45) is 5.92 Å². The third-order valence-corrected chi connectivity index (χ3v) is 7.55. The van der Waals surface area contributed by atoms with E-state index >= 15 is 0 Å². The number of ether oxygens (including phenoxy) is 2. The van der Waals surface area contributed by atoms with Gasteiger partial charge in [0.2, 0.25) is 10.0 Å². The Morgan fingerprint density at radius 3 is 2.71 bits per heavy atom. The zero-order valence-electron chi connectivity index (χ0n) is 14.4. The summed E-state index contributed by atoms with van der Waals surface area (Å²) in [6.45, 7) is 1.75. The first-order valence-corrected chi connectivity index (χ1v) is 10.4. The normalized spacial score (nSPS) is 37.3. The maximum absolute atomic E-state index is 12.8. The smallest absolute Gasteiger partial charge is 0.333 e. The molecule has 0 spiro atoms. The Morgan fingerprint density at radius 2 is 1.96 bits per heavy atom. The number of carbonyl (C=O) groups excluding carboxylic acids is 1. The molecule has 24 heavy (non-hydrogen) atoms. The lowest BCUT2D eigenvalue weighted by Gasteiger charge is -2.38. The van der Waals surface area contributed by atoms with E-state index in [1.165, 1.54) is 0 Å². The van der Waals surface area contributed by atoms with Gasteiger partial charge in [-0.25, -0.2) is 17.9 Å². The van der Waals surface area contributed by atoms with E-state index in [2.05, 4.69) is 4.72 Å². The molecular weight excluding hydrogens is 330 g/mol. The molecule has 3 aliphatic rings. The van der Waals surface area contributed by atoms with E-state index in [0.717, 1.165) is 19.3 Å². The molecule has 2 saturated carbocycles. The zero-order valence-corrected chi connectivity index (χ0v) is 15.2. The van der Waals surface area contributed by atoms with Crippen LogP contribution in [0.3, 0.4) is 0 Å². The summed E-state index contributed by atoms with van der Waals surface area (Å²) in [5.74, 6) is -0.144. The van der Waals surface area contributed by atoms with Gasteiger partial charge in [-0.1, -0.05) is 18.9 Å². The van der Waals surface area contributed by atoms with Crippen molar-refractivity contribution in [2.75, 3.05) is 7.11 Å². The van der Waals surface area contributed by atoms with Crippen LogP contribution in [0.4, 0.5) is 0 Å². The van der Waals surface area contributed by atoms with Crippen LogP contribution in [-0.4, -0.2) is 45.0 Å². The van der Waals surface area contributed by atoms with Crippen molar-refractivity contribution in [3.63, 3.8) is 0 Å². The second kappa shape index (κ2) is 7.14. The first-order chi connectivity index (χ1) is 11.4. The van der Waals surface area contributed by atoms with Gasteiger partial charge in [0.15, 0.2) is 0 Å². The number of sulfonamides is 1. The van der Waals surface area contributed by atoms with Crippen LogP contribution in [0.15, 0.2) is 11.6 Å². The molecule has 5 atom stereocenters. The summed E-state index contributed by atoms with van der Waals surface area (Å²) < 4.78 is 39.4. The van der Waals surface area contributed by atoms with Gasteiger partial charge in [0, 0.05) is 24.6 Å². The summed E-state index contributed by atoms with van der Waals surface area (Å²) in [7, 11) is -1.82. The minimum Gasteiger partial charge on any atom is -0.458 e. The second-order valence-corrected chi connectivity index (χ2v) is 9.16. The number of hydrogen-bond donors (Lipinski definition) is 1. The number of fused-ring (bicyclic) bond motifs is 1. The molecule has 0 saturated heterocycles. The molecule has 0 aromatic carbocycles. The van der Waals surface area contributed by atoms with Crippen molar-refractivity contribution in [1.29, 1.82) is 0 Å². The quantitative estimate of drug-likeness (QED) is 0.777. The van der Waals surface area contributed by atoms with E-state index < -0.39 is 15.3 Å². The van der Waals surface area contributed by atoms with E-state index in [1.54, 1.807) is 14.0 Å². The van der Waals surface area contributed by atoms with E-state index in [1.807, 2.05) is 6.08 Å². The van der Waals surface area contributed by atoms with Crippen LogP contribution in [0.2, 0.25) is 0 Å². The van der Waals surface area contributed by atoms with Gasteiger partial charge in [-0.2, -0.15) is 0 Å². The Morgan fingerprint density at radius 1 is 1.21 bits per heavy atom. The van der Waals surface area contributed by atoms with Gasteiger partial charge in [0.25, 0.3) is 0 Å². The van der Waals surface area contributed by atoms with Crippen LogP contribution >= 0.6 is 0 Å². The average Bonchev–Trinajstić information content (AvgIpc) is 2.56. The molecular formula is C17H27NO5S. The largest absolute Gasteiger partial charge is 0.458 e. The molecule has 3 rings (SSSR count). The number of carbonyl (C=O) groups is 1. The predicted molar refractivity (Wildman–Crippen MR) is 89.9 cm³/mol. The van der Waals surface area contributed by atoms with Gasteiger partial charge in [0.1, 0.15) is 11.4 Å². The fourth-order valence-corrected chi connectivity index (χ4v) is 6.21. The highest BCUT2D eigenvalue weighted by Gasteiger charge is 2.40. The van der Waals surface area contributed by atoms with Crippen LogP contribution in [0.25, 0.3) is 0 Å². The molecule has 1 aliphatic heterocycles. The fourth-order valence-electron chi connectivity index (χ4n) is 4.23. The highest BCUT2D eigenvalue weighted by molar-refractivity contribution is 7.90. The molecule has 0 aromatic heterocycles. The second-order valence-electron chi connectivity index (χ2n) is 7.23. The molecule has 0 amide bonds. The number of nitrogens with one attached hydrogen (secondary N) is 1. The van der Waals surface area contributed by atoms with E-state index in [0.29, 0.717) is 31.3 Å². The number of esters is 1. The minimum absolute atomic E-state index is 0.100. The Bertz CT molecular complexity index is 614. The summed E-state index contributed by atoms with van der Waals surface area (Å²) in [6.07, 6.45) is 7.10. The summed E-state index contributed by atoms with van der Waals surface area (Å²) in [5, 5.41) is -0.463. The Balaban J connectivity index is 1.66. The maximum atomic E-state index is 12.8. The molecule has 7 heteroatoms. The van der Waals surface area contributed by atoms with Gasteiger partial charge >= 0.3 is 5.97 Å². The summed E-state index contributed by atoms with van der Waals surface area (Å²) in [4.78, 5) is 11.6. The summed E-state index contributed by atoms with van der Waals surface area (Å²) >= 11 is 0. The van der Waals surface area contributed by atoms with Gasteiger partial charge in [-0.15, -0.1) is 0 Å². The number of methoxy groups -OCH3 is 1. The third-order valence-electron chi connectivity index (χ3n) is 5.55. The van der Waals surface area contributed by atoms with Crippen LogP contribution in [0, 0.1) is 5.92 Å². The van der Waals surface area contributed by atoms with Crippen molar-refractivity contribution in [3.8, 4) is 0 Å². The lowest BCUT2D eigenvalue weighted by atomic mass is 9.81. The molecule has 0 radical (unpaired) electrons. The fraction of sp³-hybridized carbons (Fsp3) is 0.824. The number of rotatable bonds is 4. The topological polar surface area (TPSA) is 81.7 Å². The van der Waals surface area contributed by atoms with Crippen LogP contribution in [-0.2, 0) is 24.3 Å². The first kappa shape index (κ1) is 17.9. The molecule has 1 N–H and O–H groups in total. The Labute approximate surface area is 144 Å². The molecule has 6 nitrogen and oxygen atoms in total. The average molecular weight is 357 g/mol. The van der Waals surface area contributed by atoms with E-state index in [4.69, 9.17) is 9.47 Å². The van der Waals surface area contributed by atoms with Crippen molar-refractivity contribution in [1.82, 2.24) is 4.72 Å². The van der Waals surface area contributed by atoms with Gasteiger partial charge < -0.3 is 9.47 Å². The van der Waals surface area contributed by atoms with Crippen molar-refractivity contribution < 1.29 is 22.7 Å². The predicted octanol–water partition coefficient (Wildman–Crippen LogP) is 1.90. The molecule has 2 fully saturated rings. The van der Waals surface area contributed by atoms with Crippen molar-refractivity contribution in [3.05, 3.63) is 11.6 Å². The molecule has 2 aliphatic carbocycles. The standard InChI is InChI=1S/C17H27NO5S/c1-11-9-12-10-13(7-8-14(12)23-17(11)19)18-24(20,21)16-6-4-3-5-15(16)22-2/h9,12-16,18H,3-8,10H2,1-2H3. The van der Waals surface area contributed by atoms with Crippen molar-refractivity contribution >= 4 is 16.0 Å². The third kappa shape index (κ3) is 3.68. The SMILES string of the molecule is COC1CCCCC1S(=O)(=O)NC1CCC2OC(=O)C(C)=CC2C1. The number of hydrogen-bond acceptors (Lipinski definition) is 5. The summed E-state index contributed by atoms with van der Waals surface area (Å²) in [5.41, 5.74) is 0.617. The van der Waals surface area contributed by atoms with E-state index in [-0.39, 0.29) is 30.1 Å². The zero-order chi connectivity index (χ0) is 17.3. The highest BCUT2D eigenvalue weighted by Crippen LogP contribution is 2.34. The highest BCUT2D eigenvalue weighted by atomic mass is 32.2. The molecule has 0 bridgehead atoms. The maximum Gasteiger partial charge on any atom is 0.333 e. The molecule has 5 unspecified atom stereocenters. The van der Waals surface area contributed by atoms with Crippen LogP contribution in [0.5, 0.6) is 0 Å². The minimum atomic E-state index is -3.41. The van der Waals surface area contributed by atoms with Crippen LogP contribution < -0.4 is 4.72 Å². The van der Waals surface area contributed by atoms with Crippen LogP contribution in [0.1, 0.15) is 51.9 Å². The molecule has 0 aromatic rings. The molecule has 1 heterocycles. The first-order valence-electron chi connectivity index (χ1n) is 8.84. The van der Waals surface area contributed by atoms with Gasteiger partial charge in [-0.3, -0.25) is 0 Å². The Kier molecular flexibility index (Phi) is 5.32.